The highest BCUT2D eigenvalue weighted by molar-refractivity contribution is 6.30. The molecule has 1 amide bonds. The molecule has 2 N–H and O–H groups in total. The van der Waals surface area contributed by atoms with Gasteiger partial charge in [-0.1, -0.05) is 37.1 Å². The number of amides is 1. The van der Waals surface area contributed by atoms with Gasteiger partial charge in [0, 0.05) is 24.1 Å². The van der Waals surface area contributed by atoms with Crippen LogP contribution < -0.4 is 5.32 Å². The zero-order chi connectivity index (χ0) is 15.3. The molecule has 4 heteroatoms. The maximum absolute atomic E-state index is 12.2. The fourth-order valence-corrected chi connectivity index (χ4v) is 3.20. The van der Waals surface area contributed by atoms with Crippen molar-refractivity contribution in [2.45, 2.75) is 39.0 Å². The quantitative estimate of drug-likeness (QED) is 0.812. The fraction of sp³-hybridized carbons (Fsp3) is 0.588. The number of rotatable bonds is 7. The third-order valence-electron chi connectivity index (χ3n) is 4.57. The molecule has 1 aliphatic carbocycles. The maximum atomic E-state index is 12.2. The van der Waals surface area contributed by atoms with Crippen molar-refractivity contribution in [3.8, 4) is 0 Å². The van der Waals surface area contributed by atoms with Gasteiger partial charge < -0.3 is 10.4 Å². The second kappa shape index (κ2) is 7.28. The Bertz CT molecular complexity index is 485. The molecule has 1 saturated carbocycles. The average Bonchev–Trinajstić information content (AvgIpc) is 2.41. The average molecular weight is 310 g/mol. The Labute approximate surface area is 131 Å². The summed E-state index contributed by atoms with van der Waals surface area (Å²) in [5.41, 5.74) is 1.22. The van der Waals surface area contributed by atoms with Gasteiger partial charge in [-0.2, -0.15) is 0 Å². The Hall–Kier alpha value is -1.06. The first-order valence-corrected chi connectivity index (χ1v) is 8.05. The summed E-state index contributed by atoms with van der Waals surface area (Å²) in [7, 11) is 0. The summed E-state index contributed by atoms with van der Waals surface area (Å²) in [6.45, 7) is 2.83. The molecule has 116 valence electrons. The predicted octanol–water partition coefficient (Wildman–Crippen LogP) is 3.19. The third-order valence-corrected chi connectivity index (χ3v) is 4.81. The second-order valence-electron chi connectivity index (χ2n) is 6.28. The Morgan fingerprint density at radius 1 is 1.48 bits per heavy atom. The van der Waals surface area contributed by atoms with Crippen LogP contribution in [0.1, 0.15) is 38.2 Å². The lowest BCUT2D eigenvalue weighted by Gasteiger charge is -2.42. The van der Waals surface area contributed by atoms with Crippen LogP contribution in [0.2, 0.25) is 5.02 Å². The lowest BCUT2D eigenvalue weighted by molar-refractivity contribution is -0.125. The van der Waals surface area contributed by atoms with Gasteiger partial charge in [0.15, 0.2) is 0 Å². The fourth-order valence-electron chi connectivity index (χ4n) is 2.99. The minimum atomic E-state index is -0.0743. The van der Waals surface area contributed by atoms with Gasteiger partial charge in [0.25, 0.3) is 0 Å². The van der Waals surface area contributed by atoms with Gasteiger partial charge in [-0.3, -0.25) is 4.79 Å². The van der Waals surface area contributed by atoms with Crippen LogP contribution in [-0.4, -0.2) is 24.2 Å². The van der Waals surface area contributed by atoms with Crippen LogP contribution in [0.5, 0.6) is 0 Å². The van der Waals surface area contributed by atoms with Crippen molar-refractivity contribution < 1.29 is 9.90 Å². The van der Waals surface area contributed by atoms with E-state index in [2.05, 4.69) is 5.32 Å². The largest absolute Gasteiger partial charge is 0.396 e. The lowest BCUT2D eigenvalue weighted by Crippen LogP contribution is -2.44. The summed E-state index contributed by atoms with van der Waals surface area (Å²) < 4.78 is 0. The van der Waals surface area contributed by atoms with E-state index in [0.29, 0.717) is 18.0 Å². The number of carbonyl (C=O) groups excluding carboxylic acids is 1. The molecule has 0 aromatic heterocycles. The monoisotopic (exact) mass is 309 g/mol. The van der Waals surface area contributed by atoms with Crippen molar-refractivity contribution in [3.63, 3.8) is 0 Å². The molecule has 0 unspecified atom stereocenters. The number of halogens is 1. The highest BCUT2D eigenvalue weighted by Crippen LogP contribution is 2.43. The number of hydrogen-bond acceptors (Lipinski definition) is 2. The maximum Gasteiger partial charge on any atom is 0.223 e. The van der Waals surface area contributed by atoms with Crippen LogP contribution in [0.4, 0.5) is 0 Å². The molecule has 21 heavy (non-hydrogen) atoms. The van der Waals surface area contributed by atoms with Crippen molar-refractivity contribution in [2.75, 3.05) is 13.2 Å². The second-order valence-corrected chi connectivity index (χ2v) is 6.72. The standard InChI is InChI=1S/C17H24ClNO2/c1-13(10-14-4-2-5-15(18)11-14)16(21)19-12-17(8-9-20)6-3-7-17/h2,4-5,11,13,20H,3,6-10,12H2,1H3,(H,19,21)/t13-/m1/s1. The van der Waals surface area contributed by atoms with Gasteiger partial charge in [0.05, 0.1) is 0 Å². The van der Waals surface area contributed by atoms with Crippen molar-refractivity contribution in [1.29, 1.82) is 0 Å². The zero-order valence-corrected chi connectivity index (χ0v) is 13.3. The SMILES string of the molecule is C[C@H](Cc1cccc(Cl)c1)C(=O)NCC1(CCO)CCC1. The number of carbonyl (C=O) groups is 1. The summed E-state index contributed by atoms with van der Waals surface area (Å²) in [5, 5.41) is 12.9. The van der Waals surface area contributed by atoms with Gasteiger partial charge >= 0.3 is 0 Å². The van der Waals surface area contributed by atoms with E-state index in [0.717, 1.165) is 24.8 Å². The number of nitrogens with one attached hydrogen (secondary N) is 1. The van der Waals surface area contributed by atoms with Crippen molar-refractivity contribution >= 4 is 17.5 Å². The van der Waals surface area contributed by atoms with E-state index in [4.69, 9.17) is 16.7 Å². The van der Waals surface area contributed by atoms with Crippen LogP contribution in [0.3, 0.4) is 0 Å². The van der Waals surface area contributed by atoms with Gasteiger partial charge in [-0.15, -0.1) is 0 Å². The summed E-state index contributed by atoms with van der Waals surface area (Å²) >= 11 is 5.97. The first-order valence-electron chi connectivity index (χ1n) is 7.68. The number of aliphatic hydroxyl groups is 1. The number of aliphatic hydroxyl groups excluding tert-OH is 1. The van der Waals surface area contributed by atoms with Crippen molar-refractivity contribution in [2.24, 2.45) is 11.3 Å². The van der Waals surface area contributed by atoms with Gasteiger partial charge in [0.2, 0.25) is 5.91 Å². The van der Waals surface area contributed by atoms with Gasteiger partial charge in [0.1, 0.15) is 0 Å². The summed E-state index contributed by atoms with van der Waals surface area (Å²) in [6.07, 6.45) is 4.90. The first-order chi connectivity index (χ1) is 10.0. The molecule has 3 nitrogen and oxygen atoms in total. The molecule has 1 atom stereocenters. The highest BCUT2D eigenvalue weighted by Gasteiger charge is 2.36. The van der Waals surface area contributed by atoms with Crippen LogP contribution >= 0.6 is 11.6 Å². The third kappa shape index (κ3) is 4.45. The van der Waals surface area contributed by atoms with E-state index in [-0.39, 0.29) is 23.8 Å². The van der Waals surface area contributed by atoms with E-state index in [1.54, 1.807) is 0 Å². The van der Waals surface area contributed by atoms with Crippen molar-refractivity contribution in [1.82, 2.24) is 5.32 Å². The van der Waals surface area contributed by atoms with Crippen LogP contribution in [0.25, 0.3) is 0 Å². The van der Waals surface area contributed by atoms with E-state index >= 15 is 0 Å². The molecule has 2 rings (SSSR count). The molecule has 0 bridgehead atoms. The minimum Gasteiger partial charge on any atom is -0.396 e. The molecule has 1 aromatic rings. The van der Waals surface area contributed by atoms with E-state index in [1.165, 1.54) is 6.42 Å². The van der Waals surface area contributed by atoms with Crippen molar-refractivity contribution in [3.05, 3.63) is 34.9 Å². The Morgan fingerprint density at radius 3 is 2.81 bits per heavy atom. The summed E-state index contributed by atoms with van der Waals surface area (Å²) in [4.78, 5) is 12.2. The predicted molar refractivity (Wildman–Crippen MR) is 85.3 cm³/mol. The van der Waals surface area contributed by atoms with Gasteiger partial charge in [-0.05, 0) is 48.8 Å². The van der Waals surface area contributed by atoms with Crippen LogP contribution in [0, 0.1) is 11.3 Å². The van der Waals surface area contributed by atoms with Crippen LogP contribution in [-0.2, 0) is 11.2 Å². The van der Waals surface area contributed by atoms with E-state index in [1.807, 2.05) is 31.2 Å². The number of benzene rings is 1. The number of hydrogen-bond donors (Lipinski definition) is 2. The molecule has 0 spiro atoms. The molecule has 0 saturated heterocycles. The molecule has 1 fully saturated rings. The molecule has 1 aliphatic rings. The molecule has 1 aromatic carbocycles. The summed E-state index contributed by atoms with van der Waals surface area (Å²) in [5.74, 6) is 0.00825. The highest BCUT2D eigenvalue weighted by atomic mass is 35.5. The molecule has 0 radical (unpaired) electrons. The Balaban J connectivity index is 1.82. The van der Waals surface area contributed by atoms with Crippen LogP contribution in [0.15, 0.2) is 24.3 Å². The summed E-state index contributed by atoms with van der Waals surface area (Å²) in [6, 6.07) is 7.65. The lowest BCUT2D eigenvalue weighted by atomic mass is 9.66. The smallest absolute Gasteiger partial charge is 0.223 e. The molecular formula is C17H24ClNO2. The first kappa shape index (κ1) is 16.3. The normalized spacial score (nSPS) is 17.9. The van der Waals surface area contributed by atoms with E-state index in [9.17, 15) is 4.79 Å². The molecule has 0 heterocycles. The van der Waals surface area contributed by atoms with E-state index < -0.39 is 0 Å². The van der Waals surface area contributed by atoms with Gasteiger partial charge in [-0.25, -0.2) is 0 Å². The molecule has 0 aliphatic heterocycles. The Kier molecular flexibility index (Phi) is 5.65. The Morgan fingerprint density at radius 2 is 2.24 bits per heavy atom. The topological polar surface area (TPSA) is 49.3 Å². The minimum absolute atomic E-state index is 0.0743. The molecular weight excluding hydrogens is 286 g/mol. The zero-order valence-electron chi connectivity index (χ0n) is 12.6.